The molecule has 2 heteroatoms. The lowest BCUT2D eigenvalue weighted by atomic mass is 9.92. The fraction of sp³-hybridized carbons (Fsp3) is 0.154. The summed E-state index contributed by atoms with van der Waals surface area (Å²) in [5.41, 5.74) is 14.6. The Morgan fingerprint density at radius 2 is 1.71 bits per heavy atom. The maximum atomic E-state index is 4.80. The zero-order valence-electron chi connectivity index (χ0n) is 16.2. The minimum Gasteiger partial charge on any atom is -0.261 e. The Labute approximate surface area is 165 Å². The van der Waals surface area contributed by atoms with Crippen molar-refractivity contribution in [3.63, 3.8) is 0 Å². The van der Waals surface area contributed by atoms with Crippen molar-refractivity contribution >= 4 is 0 Å². The first-order chi connectivity index (χ1) is 13.7. The van der Waals surface area contributed by atoms with E-state index in [2.05, 4.69) is 79.3 Å². The molecule has 0 radical (unpaired) electrons. The molecule has 28 heavy (non-hydrogen) atoms. The van der Waals surface area contributed by atoms with Gasteiger partial charge in [-0.05, 0) is 57.5 Å². The number of hydrogen-bond acceptors (Lipinski definition) is 1. The van der Waals surface area contributed by atoms with Crippen LogP contribution in [0.2, 0.25) is 0 Å². The van der Waals surface area contributed by atoms with Gasteiger partial charge >= 0.3 is 0 Å². The largest absolute Gasteiger partial charge is 0.261 e. The molecule has 0 fully saturated rings. The van der Waals surface area contributed by atoms with Crippen molar-refractivity contribution in [2.45, 2.75) is 19.8 Å². The fourth-order valence-corrected chi connectivity index (χ4v) is 4.92. The molecule has 6 rings (SSSR count). The van der Waals surface area contributed by atoms with Crippen molar-refractivity contribution in [3.8, 4) is 33.5 Å². The minimum atomic E-state index is 0.882. The molecule has 134 valence electrons. The number of aryl methyl sites for hydroxylation is 2. The summed E-state index contributed by atoms with van der Waals surface area (Å²) in [7, 11) is 2.15. The number of rotatable bonds is 0. The molecule has 2 aromatic heterocycles. The number of nitrogens with zero attached hydrogens (tertiary/aromatic N) is 2. The molecule has 0 atom stereocenters. The SMILES string of the molecule is Cc1ccc2c3c1-c1cc(cc[n+]1C)-c1cccc(c1)Cc1nccc-2c1C3. The van der Waals surface area contributed by atoms with Crippen LogP contribution in [0, 0.1) is 6.92 Å². The predicted octanol–water partition coefficient (Wildman–Crippen LogP) is 5.02. The van der Waals surface area contributed by atoms with Gasteiger partial charge in [-0.1, -0.05) is 36.4 Å². The van der Waals surface area contributed by atoms with E-state index in [0.717, 1.165) is 12.8 Å². The van der Waals surface area contributed by atoms with Crippen LogP contribution in [0.4, 0.5) is 0 Å². The summed E-state index contributed by atoms with van der Waals surface area (Å²) in [4.78, 5) is 4.80. The Morgan fingerprint density at radius 1 is 0.857 bits per heavy atom. The smallest absolute Gasteiger partial charge is 0.213 e. The van der Waals surface area contributed by atoms with Gasteiger partial charge in [0.15, 0.2) is 6.20 Å². The quantitative estimate of drug-likeness (QED) is 0.347. The van der Waals surface area contributed by atoms with Gasteiger partial charge in [0.25, 0.3) is 0 Å². The molecule has 0 aliphatic heterocycles. The Kier molecular flexibility index (Phi) is 3.16. The van der Waals surface area contributed by atoms with Gasteiger partial charge in [-0.15, -0.1) is 0 Å². The highest BCUT2D eigenvalue weighted by Gasteiger charge is 2.29. The van der Waals surface area contributed by atoms with Crippen molar-refractivity contribution in [2.24, 2.45) is 7.05 Å². The normalized spacial score (nSPS) is 13.1. The highest BCUT2D eigenvalue weighted by Crippen LogP contribution is 2.44. The zero-order valence-corrected chi connectivity index (χ0v) is 16.2. The maximum Gasteiger partial charge on any atom is 0.213 e. The van der Waals surface area contributed by atoms with E-state index in [1.165, 1.54) is 61.5 Å². The van der Waals surface area contributed by atoms with Gasteiger partial charge in [0.2, 0.25) is 5.69 Å². The highest BCUT2D eigenvalue weighted by molar-refractivity contribution is 5.86. The van der Waals surface area contributed by atoms with Gasteiger partial charge in [0.05, 0.1) is 5.56 Å². The fourth-order valence-electron chi connectivity index (χ4n) is 4.92. The number of hydrogen-bond donors (Lipinski definition) is 0. The van der Waals surface area contributed by atoms with E-state index in [1.54, 1.807) is 0 Å². The van der Waals surface area contributed by atoms with Crippen molar-refractivity contribution in [3.05, 3.63) is 94.9 Å². The van der Waals surface area contributed by atoms with Crippen LogP contribution < -0.4 is 4.57 Å². The average Bonchev–Trinajstić information content (AvgIpc) is 3.08. The van der Waals surface area contributed by atoms with Crippen LogP contribution in [0.25, 0.3) is 33.5 Å². The number of aromatic nitrogens is 2. The molecule has 2 heterocycles. The molecule has 2 nitrogen and oxygen atoms in total. The minimum absolute atomic E-state index is 0.882. The molecule has 0 unspecified atom stereocenters. The second-order valence-corrected chi connectivity index (χ2v) is 8.03. The molecule has 0 saturated carbocycles. The van der Waals surface area contributed by atoms with Crippen LogP contribution in [-0.4, -0.2) is 4.98 Å². The third-order valence-corrected chi connectivity index (χ3v) is 6.35. The first-order valence-electron chi connectivity index (χ1n) is 9.88. The van der Waals surface area contributed by atoms with Crippen molar-refractivity contribution in [2.75, 3.05) is 0 Å². The van der Waals surface area contributed by atoms with Crippen LogP contribution in [0.15, 0.2) is 67.0 Å². The van der Waals surface area contributed by atoms with Crippen LogP contribution >= 0.6 is 0 Å². The van der Waals surface area contributed by atoms with Gasteiger partial charge in [-0.3, -0.25) is 4.98 Å². The van der Waals surface area contributed by atoms with Gasteiger partial charge in [-0.2, -0.15) is 0 Å². The van der Waals surface area contributed by atoms with Gasteiger partial charge in [0, 0.05) is 36.9 Å². The molecule has 0 saturated heterocycles. The molecule has 2 aliphatic carbocycles. The summed E-state index contributed by atoms with van der Waals surface area (Å²) in [6.07, 6.45) is 6.02. The molecule has 2 aliphatic rings. The highest BCUT2D eigenvalue weighted by atomic mass is 14.9. The molecule has 0 N–H and O–H groups in total. The molecule has 6 bridgehead atoms. The first-order valence-corrected chi connectivity index (χ1v) is 9.88. The van der Waals surface area contributed by atoms with Gasteiger partial charge < -0.3 is 0 Å². The predicted molar refractivity (Wildman–Crippen MR) is 112 cm³/mol. The van der Waals surface area contributed by atoms with Gasteiger partial charge in [0.1, 0.15) is 7.05 Å². The molecule has 0 spiro atoms. The Bertz CT molecular complexity index is 1280. The van der Waals surface area contributed by atoms with E-state index in [-0.39, 0.29) is 0 Å². The summed E-state index contributed by atoms with van der Waals surface area (Å²) in [5, 5.41) is 0. The molecular weight excluding hydrogens is 340 g/mol. The van der Waals surface area contributed by atoms with E-state index >= 15 is 0 Å². The average molecular weight is 361 g/mol. The van der Waals surface area contributed by atoms with Crippen LogP contribution in [0.3, 0.4) is 0 Å². The summed E-state index contributed by atoms with van der Waals surface area (Å²) in [6.45, 7) is 2.23. The van der Waals surface area contributed by atoms with E-state index < -0.39 is 0 Å². The summed E-state index contributed by atoms with van der Waals surface area (Å²) in [5.74, 6) is 0. The lowest BCUT2D eigenvalue weighted by Gasteiger charge is -2.13. The van der Waals surface area contributed by atoms with Crippen LogP contribution in [0.5, 0.6) is 0 Å². The van der Waals surface area contributed by atoms with Gasteiger partial charge in [-0.25, -0.2) is 4.57 Å². The van der Waals surface area contributed by atoms with E-state index in [4.69, 9.17) is 4.98 Å². The molecular formula is C26H21N2+. The van der Waals surface area contributed by atoms with Crippen molar-refractivity contribution in [1.29, 1.82) is 0 Å². The summed E-state index contributed by atoms with van der Waals surface area (Å²) in [6, 6.07) is 20.3. The topological polar surface area (TPSA) is 16.8 Å². The Morgan fingerprint density at radius 3 is 2.64 bits per heavy atom. The third-order valence-electron chi connectivity index (χ3n) is 6.35. The third kappa shape index (κ3) is 2.15. The monoisotopic (exact) mass is 361 g/mol. The van der Waals surface area contributed by atoms with E-state index in [1.807, 2.05) is 6.20 Å². The van der Waals surface area contributed by atoms with Crippen molar-refractivity contribution in [1.82, 2.24) is 4.98 Å². The zero-order chi connectivity index (χ0) is 18.8. The summed E-state index contributed by atoms with van der Waals surface area (Å²) < 4.78 is 2.25. The molecule has 4 aromatic rings. The maximum absolute atomic E-state index is 4.80. The lowest BCUT2D eigenvalue weighted by molar-refractivity contribution is -0.660. The van der Waals surface area contributed by atoms with Crippen LogP contribution in [0.1, 0.15) is 27.9 Å². The summed E-state index contributed by atoms with van der Waals surface area (Å²) >= 11 is 0. The van der Waals surface area contributed by atoms with Crippen molar-refractivity contribution < 1.29 is 4.57 Å². The number of benzene rings is 2. The standard InChI is InChI=1S/C26H21N2/c1-16-6-7-20-21-8-10-27-24-13-17-4-3-5-18(12-17)19-9-11-28(2)25(14-19)26(16)23(20)15-22(21)24/h3-12,14H,13,15H2,1-2H3/q+1. The van der Waals surface area contributed by atoms with E-state index in [9.17, 15) is 0 Å². The first kappa shape index (κ1) is 15.8. The molecule has 2 aromatic carbocycles. The Balaban J connectivity index is 1.77. The lowest BCUT2D eigenvalue weighted by Crippen LogP contribution is -2.31. The number of fused-ring (bicyclic) bond motifs is 7. The molecule has 0 amide bonds. The van der Waals surface area contributed by atoms with Crippen LogP contribution in [-0.2, 0) is 19.9 Å². The number of pyridine rings is 2. The second-order valence-electron chi connectivity index (χ2n) is 8.03. The second kappa shape index (κ2) is 5.62. The van der Waals surface area contributed by atoms with E-state index in [0.29, 0.717) is 0 Å². The Hall–Kier alpha value is -3.26.